The summed E-state index contributed by atoms with van der Waals surface area (Å²) in [5.41, 5.74) is 2.11. The second-order valence-corrected chi connectivity index (χ2v) is 6.93. The lowest BCUT2D eigenvalue weighted by Crippen LogP contribution is -2.48. The zero-order valence-corrected chi connectivity index (χ0v) is 17.3. The van der Waals surface area contributed by atoms with E-state index in [1.165, 1.54) is 6.20 Å². The first-order valence-corrected chi connectivity index (χ1v) is 10.0. The Bertz CT molecular complexity index is 825. The molecule has 1 saturated heterocycles. The SMILES string of the molecule is CCN(CC)c1ccc(NC(=O)c2cnc(N3CCN(C(C)=O)CC3)cn2)cc1. The number of benzene rings is 1. The van der Waals surface area contributed by atoms with Crippen molar-refractivity contribution in [2.45, 2.75) is 20.8 Å². The van der Waals surface area contributed by atoms with Gasteiger partial charge in [-0.2, -0.15) is 0 Å². The fourth-order valence-electron chi connectivity index (χ4n) is 3.39. The number of hydrogen-bond donors (Lipinski definition) is 1. The highest BCUT2D eigenvalue weighted by Crippen LogP contribution is 2.18. The molecule has 2 heterocycles. The third-order valence-electron chi connectivity index (χ3n) is 5.17. The topological polar surface area (TPSA) is 81.7 Å². The van der Waals surface area contributed by atoms with Gasteiger partial charge < -0.3 is 20.0 Å². The molecule has 0 saturated carbocycles. The minimum absolute atomic E-state index is 0.0906. The first-order valence-electron chi connectivity index (χ1n) is 10.0. The molecular weight excluding hydrogens is 368 g/mol. The van der Waals surface area contributed by atoms with Crippen LogP contribution in [0.4, 0.5) is 17.2 Å². The van der Waals surface area contributed by atoms with Gasteiger partial charge in [-0.3, -0.25) is 9.59 Å². The van der Waals surface area contributed by atoms with E-state index in [1.807, 2.05) is 29.2 Å². The predicted octanol–water partition coefficient (Wildman–Crippen LogP) is 2.24. The minimum atomic E-state index is -0.291. The summed E-state index contributed by atoms with van der Waals surface area (Å²) in [5.74, 6) is 0.516. The lowest BCUT2D eigenvalue weighted by atomic mass is 10.2. The van der Waals surface area contributed by atoms with Crippen molar-refractivity contribution < 1.29 is 9.59 Å². The smallest absolute Gasteiger partial charge is 0.275 e. The summed E-state index contributed by atoms with van der Waals surface area (Å²) >= 11 is 0. The highest BCUT2D eigenvalue weighted by atomic mass is 16.2. The van der Waals surface area contributed by atoms with E-state index in [1.54, 1.807) is 13.1 Å². The summed E-state index contributed by atoms with van der Waals surface area (Å²) in [4.78, 5) is 38.7. The van der Waals surface area contributed by atoms with Crippen LogP contribution in [0.15, 0.2) is 36.7 Å². The Balaban J connectivity index is 1.58. The third-order valence-corrected chi connectivity index (χ3v) is 5.17. The van der Waals surface area contributed by atoms with Gasteiger partial charge >= 0.3 is 0 Å². The summed E-state index contributed by atoms with van der Waals surface area (Å²) in [5, 5.41) is 2.86. The van der Waals surface area contributed by atoms with E-state index in [0.29, 0.717) is 32.0 Å². The Morgan fingerprint density at radius 2 is 1.66 bits per heavy atom. The summed E-state index contributed by atoms with van der Waals surface area (Å²) < 4.78 is 0. The van der Waals surface area contributed by atoms with Crippen LogP contribution in [0.25, 0.3) is 0 Å². The van der Waals surface area contributed by atoms with Gasteiger partial charge in [0, 0.05) is 57.6 Å². The minimum Gasteiger partial charge on any atom is -0.372 e. The molecule has 29 heavy (non-hydrogen) atoms. The molecule has 154 valence electrons. The monoisotopic (exact) mass is 396 g/mol. The van der Waals surface area contributed by atoms with E-state index < -0.39 is 0 Å². The van der Waals surface area contributed by atoms with Crippen LogP contribution in [0.3, 0.4) is 0 Å². The molecular formula is C21H28N6O2. The summed E-state index contributed by atoms with van der Waals surface area (Å²) in [6.45, 7) is 10.4. The van der Waals surface area contributed by atoms with Crippen LogP contribution in [-0.2, 0) is 4.79 Å². The molecule has 2 aromatic rings. The van der Waals surface area contributed by atoms with Gasteiger partial charge in [-0.25, -0.2) is 9.97 Å². The van der Waals surface area contributed by atoms with Gasteiger partial charge in [0.2, 0.25) is 5.91 Å². The molecule has 0 aliphatic carbocycles. The number of nitrogens with zero attached hydrogens (tertiary/aromatic N) is 5. The number of piperazine rings is 1. The first-order chi connectivity index (χ1) is 14.0. The Morgan fingerprint density at radius 3 is 2.17 bits per heavy atom. The van der Waals surface area contributed by atoms with Gasteiger partial charge in [0.25, 0.3) is 5.91 Å². The number of nitrogens with one attached hydrogen (secondary N) is 1. The summed E-state index contributed by atoms with van der Waals surface area (Å²) in [6.07, 6.45) is 3.11. The Kier molecular flexibility index (Phi) is 6.64. The summed E-state index contributed by atoms with van der Waals surface area (Å²) in [6, 6.07) is 7.78. The Morgan fingerprint density at radius 1 is 1.00 bits per heavy atom. The summed E-state index contributed by atoms with van der Waals surface area (Å²) in [7, 11) is 0. The van der Waals surface area contributed by atoms with Crippen LogP contribution in [0.2, 0.25) is 0 Å². The van der Waals surface area contributed by atoms with Gasteiger partial charge in [-0.15, -0.1) is 0 Å². The van der Waals surface area contributed by atoms with Crippen molar-refractivity contribution in [3.63, 3.8) is 0 Å². The van der Waals surface area contributed by atoms with Crippen LogP contribution in [0, 0.1) is 0 Å². The van der Waals surface area contributed by atoms with Gasteiger partial charge in [-0.05, 0) is 38.1 Å². The molecule has 1 aromatic carbocycles. The van der Waals surface area contributed by atoms with E-state index in [0.717, 1.165) is 24.5 Å². The molecule has 1 fully saturated rings. The van der Waals surface area contributed by atoms with Crippen LogP contribution in [0.1, 0.15) is 31.3 Å². The van der Waals surface area contributed by atoms with Crippen molar-refractivity contribution in [1.82, 2.24) is 14.9 Å². The van der Waals surface area contributed by atoms with E-state index in [-0.39, 0.29) is 17.5 Å². The molecule has 0 bridgehead atoms. The number of rotatable bonds is 6. The number of amides is 2. The zero-order valence-electron chi connectivity index (χ0n) is 17.3. The first kappa shape index (κ1) is 20.6. The molecule has 1 aliphatic rings. The molecule has 8 nitrogen and oxygen atoms in total. The lowest BCUT2D eigenvalue weighted by Gasteiger charge is -2.34. The second-order valence-electron chi connectivity index (χ2n) is 6.93. The predicted molar refractivity (Wildman–Crippen MR) is 114 cm³/mol. The van der Waals surface area contributed by atoms with Gasteiger partial charge in [0.1, 0.15) is 11.5 Å². The molecule has 8 heteroatoms. The van der Waals surface area contributed by atoms with E-state index >= 15 is 0 Å². The normalized spacial score (nSPS) is 13.9. The number of hydrogen-bond acceptors (Lipinski definition) is 6. The fourth-order valence-corrected chi connectivity index (χ4v) is 3.39. The molecule has 3 rings (SSSR count). The Hall–Kier alpha value is -3.16. The standard InChI is InChI=1S/C21H28N6O2/c1-4-25(5-2)18-8-6-17(7-9-18)24-21(29)19-14-23-20(15-22-19)27-12-10-26(11-13-27)16(3)28/h6-9,14-15H,4-5,10-13H2,1-3H3,(H,24,29). The molecule has 1 aliphatic heterocycles. The molecule has 2 amide bonds. The number of carbonyl (C=O) groups is 2. The maximum atomic E-state index is 12.5. The molecule has 0 spiro atoms. The van der Waals surface area contributed by atoms with Crippen LogP contribution >= 0.6 is 0 Å². The molecule has 0 unspecified atom stereocenters. The van der Waals surface area contributed by atoms with Crippen molar-refractivity contribution in [1.29, 1.82) is 0 Å². The lowest BCUT2D eigenvalue weighted by molar-refractivity contribution is -0.129. The van der Waals surface area contributed by atoms with E-state index in [9.17, 15) is 9.59 Å². The average Bonchev–Trinajstić information content (AvgIpc) is 2.76. The largest absolute Gasteiger partial charge is 0.372 e. The third kappa shape index (κ3) is 5.01. The highest BCUT2D eigenvalue weighted by molar-refractivity contribution is 6.02. The van der Waals surface area contributed by atoms with Gasteiger partial charge in [0.05, 0.1) is 12.4 Å². The van der Waals surface area contributed by atoms with Crippen molar-refractivity contribution in [2.24, 2.45) is 0 Å². The maximum Gasteiger partial charge on any atom is 0.275 e. The van der Waals surface area contributed by atoms with Gasteiger partial charge in [0.15, 0.2) is 0 Å². The second kappa shape index (κ2) is 9.36. The van der Waals surface area contributed by atoms with Crippen molar-refractivity contribution in [3.8, 4) is 0 Å². The Labute approximate surface area is 171 Å². The average molecular weight is 396 g/mol. The number of aromatic nitrogens is 2. The molecule has 0 radical (unpaired) electrons. The quantitative estimate of drug-likeness (QED) is 0.807. The fraction of sp³-hybridized carbons (Fsp3) is 0.429. The zero-order chi connectivity index (χ0) is 20.8. The van der Waals surface area contributed by atoms with E-state index in [4.69, 9.17) is 0 Å². The van der Waals surface area contributed by atoms with Crippen LogP contribution in [-0.4, -0.2) is 66.0 Å². The van der Waals surface area contributed by atoms with Crippen molar-refractivity contribution in [3.05, 3.63) is 42.4 Å². The van der Waals surface area contributed by atoms with Crippen LogP contribution < -0.4 is 15.1 Å². The van der Waals surface area contributed by atoms with Crippen LogP contribution in [0.5, 0.6) is 0 Å². The maximum absolute atomic E-state index is 12.5. The number of carbonyl (C=O) groups excluding carboxylic acids is 2. The van der Waals surface area contributed by atoms with E-state index in [2.05, 4.69) is 38.9 Å². The molecule has 0 atom stereocenters. The molecule has 1 N–H and O–H groups in total. The molecule has 1 aromatic heterocycles. The van der Waals surface area contributed by atoms with Crippen molar-refractivity contribution in [2.75, 3.05) is 54.4 Å². The van der Waals surface area contributed by atoms with Crippen molar-refractivity contribution >= 4 is 29.0 Å². The number of anilines is 3. The van der Waals surface area contributed by atoms with Gasteiger partial charge in [-0.1, -0.05) is 0 Å². The highest BCUT2D eigenvalue weighted by Gasteiger charge is 2.20.